The molecule has 7 nitrogen and oxygen atoms in total. The van der Waals surface area contributed by atoms with Crippen LogP contribution in [0.15, 0.2) is 53.5 Å². The lowest BCUT2D eigenvalue weighted by molar-refractivity contribution is -0.120. The van der Waals surface area contributed by atoms with E-state index in [1.165, 1.54) is 24.3 Å². The van der Waals surface area contributed by atoms with Crippen molar-refractivity contribution >= 4 is 17.8 Å². The molecule has 0 unspecified atom stereocenters. The van der Waals surface area contributed by atoms with Crippen molar-refractivity contribution in [1.29, 1.82) is 0 Å². The fourth-order valence-corrected chi connectivity index (χ4v) is 2.77. The minimum atomic E-state index is -2.94. The third kappa shape index (κ3) is 5.50. The molecule has 152 valence electrons. The number of hydrogen-bond donors (Lipinski definition) is 2. The predicted molar refractivity (Wildman–Crippen MR) is 101 cm³/mol. The summed E-state index contributed by atoms with van der Waals surface area (Å²) in [7, 11) is 0. The molecular weight excluding hydrogens is 384 g/mol. The van der Waals surface area contributed by atoms with E-state index in [9.17, 15) is 18.4 Å². The highest BCUT2D eigenvalue weighted by molar-refractivity contribution is 6.10. The van der Waals surface area contributed by atoms with Crippen LogP contribution in [0.1, 0.15) is 35.3 Å². The Balaban J connectivity index is 1.70. The van der Waals surface area contributed by atoms with Gasteiger partial charge in [-0.25, -0.2) is 4.99 Å². The number of guanidine groups is 1. The fraction of sp³-hybridized carbons (Fsp3) is 0.250. The highest BCUT2D eigenvalue weighted by atomic mass is 19.3. The molecule has 2 aromatic carbocycles. The first-order valence-corrected chi connectivity index (χ1v) is 8.91. The third-order valence-corrected chi connectivity index (χ3v) is 4.07. The van der Waals surface area contributed by atoms with Crippen molar-refractivity contribution < 1.29 is 27.8 Å². The lowest BCUT2D eigenvalue weighted by atomic mass is 10.0. The van der Waals surface area contributed by atoms with Crippen molar-refractivity contribution in [3.63, 3.8) is 0 Å². The van der Waals surface area contributed by atoms with Crippen molar-refractivity contribution in [3.05, 3.63) is 59.7 Å². The fourth-order valence-electron chi connectivity index (χ4n) is 2.77. The van der Waals surface area contributed by atoms with Crippen LogP contribution in [0, 0.1) is 0 Å². The van der Waals surface area contributed by atoms with E-state index in [-0.39, 0.29) is 29.6 Å². The van der Waals surface area contributed by atoms with E-state index in [0.717, 1.165) is 5.56 Å². The second kappa shape index (κ2) is 9.13. The summed E-state index contributed by atoms with van der Waals surface area (Å²) in [6, 6.07) is 12.0. The Labute approximate surface area is 165 Å². The van der Waals surface area contributed by atoms with Gasteiger partial charge >= 0.3 is 6.61 Å². The number of alkyl halides is 2. The number of halogens is 2. The van der Waals surface area contributed by atoms with E-state index in [4.69, 9.17) is 4.74 Å². The van der Waals surface area contributed by atoms with Crippen LogP contribution in [0.5, 0.6) is 11.5 Å². The number of nitrogens with one attached hydrogen (secondary N) is 2. The summed E-state index contributed by atoms with van der Waals surface area (Å²) in [5, 5.41) is 5.04. The van der Waals surface area contributed by atoms with Crippen LogP contribution in [-0.2, 0) is 4.79 Å². The van der Waals surface area contributed by atoms with Crippen LogP contribution < -0.4 is 20.1 Å². The van der Waals surface area contributed by atoms with Crippen LogP contribution >= 0.6 is 0 Å². The first kappa shape index (κ1) is 20.2. The number of hydrogen-bond acceptors (Lipinski definition) is 5. The topological polar surface area (TPSA) is 89.0 Å². The summed E-state index contributed by atoms with van der Waals surface area (Å²) in [6.45, 7) is -0.506. The van der Waals surface area contributed by atoms with Gasteiger partial charge in [0.25, 0.3) is 5.91 Å². The molecule has 2 aromatic rings. The van der Waals surface area contributed by atoms with E-state index in [1.807, 2.05) is 19.1 Å². The molecule has 1 aliphatic rings. The van der Waals surface area contributed by atoms with Crippen LogP contribution in [0.25, 0.3) is 0 Å². The Morgan fingerprint density at radius 1 is 1.17 bits per heavy atom. The molecule has 1 aliphatic heterocycles. The summed E-state index contributed by atoms with van der Waals surface area (Å²) >= 11 is 0. The van der Waals surface area contributed by atoms with Crippen LogP contribution in [0.3, 0.4) is 0 Å². The van der Waals surface area contributed by atoms with Gasteiger partial charge in [-0.15, -0.1) is 0 Å². The SMILES string of the molecule is CCOc1ccc([C@@H]2CC(=O)NC(NC(=O)c3ccc(OC(F)F)cc3)=N2)cc1. The number of amides is 2. The van der Waals surface area contributed by atoms with E-state index in [0.29, 0.717) is 12.4 Å². The molecule has 0 saturated heterocycles. The maximum atomic E-state index is 12.4. The molecule has 3 rings (SSSR count). The maximum Gasteiger partial charge on any atom is 0.387 e. The van der Waals surface area contributed by atoms with Crippen LogP contribution in [-0.4, -0.2) is 31.0 Å². The molecule has 9 heteroatoms. The Bertz CT molecular complexity index is 899. The van der Waals surface area contributed by atoms with Gasteiger partial charge in [0.2, 0.25) is 11.9 Å². The highest BCUT2D eigenvalue weighted by Crippen LogP contribution is 2.25. The van der Waals surface area contributed by atoms with Gasteiger partial charge in [0, 0.05) is 5.56 Å². The second-order valence-electron chi connectivity index (χ2n) is 6.10. The number of carbonyl (C=O) groups is 2. The van der Waals surface area contributed by atoms with Gasteiger partial charge in [0.05, 0.1) is 19.1 Å². The molecule has 0 fully saturated rings. The summed E-state index contributed by atoms with van der Waals surface area (Å²) < 4.78 is 34.0. The molecule has 2 amide bonds. The molecule has 0 spiro atoms. The average molecular weight is 403 g/mol. The van der Waals surface area contributed by atoms with Gasteiger partial charge < -0.3 is 9.47 Å². The summed E-state index contributed by atoms with van der Waals surface area (Å²) in [4.78, 5) is 28.8. The largest absolute Gasteiger partial charge is 0.494 e. The zero-order chi connectivity index (χ0) is 20.8. The number of nitrogens with zero attached hydrogens (tertiary/aromatic N) is 1. The van der Waals surface area contributed by atoms with E-state index in [1.54, 1.807) is 12.1 Å². The molecule has 29 heavy (non-hydrogen) atoms. The summed E-state index contributed by atoms with van der Waals surface area (Å²) in [6.07, 6.45) is 0.146. The number of rotatable bonds is 6. The first-order chi connectivity index (χ1) is 13.9. The predicted octanol–water partition coefficient (Wildman–Crippen LogP) is 3.03. The normalized spacial score (nSPS) is 16.1. The summed E-state index contributed by atoms with van der Waals surface area (Å²) in [5.74, 6) is -0.142. The molecule has 0 aromatic heterocycles. The number of aliphatic imine (C=N–C) groups is 1. The van der Waals surface area contributed by atoms with Gasteiger partial charge in [-0.3, -0.25) is 20.2 Å². The summed E-state index contributed by atoms with van der Waals surface area (Å²) in [5.41, 5.74) is 1.01. The zero-order valence-electron chi connectivity index (χ0n) is 15.5. The molecule has 0 radical (unpaired) electrons. The number of ether oxygens (including phenoxy) is 2. The van der Waals surface area contributed by atoms with Crippen LogP contribution in [0.4, 0.5) is 8.78 Å². The van der Waals surface area contributed by atoms with Crippen LogP contribution in [0.2, 0.25) is 0 Å². The van der Waals surface area contributed by atoms with Gasteiger partial charge in [0.15, 0.2) is 0 Å². The maximum absolute atomic E-state index is 12.4. The van der Waals surface area contributed by atoms with Gasteiger partial charge in [0.1, 0.15) is 11.5 Å². The van der Waals surface area contributed by atoms with Crippen molar-refractivity contribution in [3.8, 4) is 11.5 Å². The van der Waals surface area contributed by atoms with Gasteiger partial charge in [-0.1, -0.05) is 12.1 Å². The number of carbonyl (C=O) groups excluding carboxylic acids is 2. The van der Waals surface area contributed by atoms with Crippen molar-refractivity contribution in [1.82, 2.24) is 10.6 Å². The van der Waals surface area contributed by atoms with Crippen molar-refractivity contribution in [2.24, 2.45) is 4.99 Å². The molecule has 0 saturated carbocycles. The Morgan fingerprint density at radius 3 is 2.45 bits per heavy atom. The van der Waals surface area contributed by atoms with Gasteiger partial charge in [-0.05, 0) is 48.9 Å². The quantitative estimate of drug-likeness (QED) is 0.776. The molecule has 0 bridgehead atoms. The standard InChI is InChI=1S/C20H19F2N3O4/c1-2-28-14-7-3-12(4-8-14)16-11-17(26)24-20(23-16)25-18(27)13-5-9-15(10-6-13)29-19(21)22/h3-10,16,19H,2,11H2,1H3,(H2,23,24,25,26,27)/t16-/m0/s1. The average Bonchev–Trinajstić information content (AvgIpc) is 2.68. The van der Waals surface area contributed by atoms with Crippen molar-refractivity contribution in [2.75, 3.05) is 6.61 Å². The van der Waals surface area contributed by atoms with E-state index < -0.39 is 18.6 Å². The second-order valence-corrected chi connectivity index (χ2v) is 6.10. The number of benzene rings is 2. The van der Waals surface area contributed by atoms with Gasteiger partial charge in [-0.2, -0.15) is 8.78 Å². The molecule has 2 N–H and O–H groups in total. The van der Waals surface area contributed by atoms with E-state index >= 15 is 0 Å². The molecule has 1 atom stereocenters. The molecule has 1 heterocycles. The minimum Gasteiger partial charge on any atom is -0.494 e. The smallest absolute Gasteiger partial charge is 0.387 e. The molecular formula is C20H19F2N3O4. The lowest BCUT2D eigenvalue weighted by Gasteiger charge is -2.21. The first-order valence-electron chi connectivity index (χ1n) is 8.91. The molecule has 0 aliphatic carbocycles. The third-order valence-electron chi connectivity index (χ3n) is 4.07. The zero-order valence-corrected chi connectivity index (χ0v) is 15.5. The highest BCUT2D eigenvalue weighted by Gasteiger charge is 2.24. The monoisotopic (exact) mass is 403 g/mol. The minimum absolute atomic E-state index is 0.0260. The Hall–Kier alpha value is -3.49. The van der Waals surface area contributed by atoms with E-state index in [2.05, 4.69) is 20.4 Å². The van der Waals surface area contributed by atoms with Crippen molar-refractivity contribution in [2.45, 2.75) is 26.0 Å². The lowest BCUT2D eigenvalue weighted by Crippen LogP contribution is -2.47. The Kier molecular flexibility index (Phi) is 6.38. The Morgan fingerprint density at radius 2 is 1.83 bits per heavy atom.